The minimum Gasteiger partial charge on any atom is -0.391 e. The average molecular weight is 345 g/mol. The first kappa shape index (κ1) is 15.7. The van der Waals surface area contributed by atoms with Gasteiger partial charge in [-0.15, -0.1) is 0 Å². The van der Waals surface area contributed by atoms with E-state index in [4.69, 9.17) is 11.6 Å². The Bertz CT molecular complexity index is 856. The number of benzene rings is 1. The number of aliphatic hydroxyl groups excluding tert-OH is 1. The molecule has 6 heteroatoms. The van der Waals surface area contributed by atoms with Gasteiger partial charge in [-0.25, -0.2) is 0 Å². The Labute approximate surface area is 145 Å². The summed E-state index contributed by atoms with van der Waals surface area (Å²) >= 11 is 6.51. The van der Waals surface area contributed by atoms with E-state index in [9.17, 15) is 5.11 Å². The second kappa shape index (κ2) is 6.24. The Kier molecular flexibility index (Phi) is 4.08. The van der Waals surface area contributed by atoms with Gasteiger partial charge in [0, 0.05) is 47.8 Å². The van der Waals surface area contributed by atoms with E-state index in [2.05, 4.69) is 20.1 Å². The molecule has 2 aromatic heterocycles. The number of hydrogen-bond acceptors (Lipinski definition) is 3. The van der Waals surface area contributed by atoms with E-state index < -0.39 is 0 Å². The fourth-order valence-corrected chi connectivity index (χ4v) is 3.89. The lowest BCUT2D eigenvalue weighted by molar-refractivity contribution is 0.140. The molecule has 3 aromatic rings. The van der Waals surface area contributed by atoms with Gasteiger partial charge in [-0.05, 0) is 25.5 Å². The lowest BCUT2D eigenvalue weighted by Gasteiger charge is -2.14. The van der Waals surface area contributed by atoms with Crippen molar-refractivity contribution in [1.29, 1.82) is 0 Å². The zero-order valence-electron chi connectivity index (χ0n) is 13.6. The number of halogens is 1. The van der Waals surface area contributed by atoms with Crippen LogP contribution in [-0.2, 0) is 13.0 Å². The van der Waals surface area contributed by atoms with Crippen LogP contribution in [0.2, 0.25) is 5.02 Å². The molecule has 3 N–H and O–H groups in total. The third-order valence-electron chi connectivity index (χ3n) is 4.81. The molecule has 0 aliphatic carbocycles. The summed E-state index contributed by atoms with van der Waals surface area (Å²) in [6, 6.07) is 10.1. The zero-order chi connectivity index (χ0) is 16.7. The number of hydrogen-bond donors (Lipinski definition) is 3. The largest absolute Gasteiger partial charge is 0.391 e. The predicted molar refractivity (Wildman–Crippen MR) is 95.1 cm³/mol. The van der Waals surface area contributed by atoms with E-state index in [1.807, 2.05) is 37.3 Å². The molecule has 0 bridgehead atoms. The van der Waals surface area contributed by atoms with E-state index in [0.717, 1.165) is 52.5 Å². The number of β-amino-alcohol motifs (C(OH)–C–C–N with tert-alkyl or cyclic N) is 1. The van der Waals surface area contributed by atoms with Gasteiger partial charge < -0.3 is 10.1 Å². The zero-order valence-corrected chi connectivity index (χ0v) is 14.3. The quantitative estimate of drug-likeness (QED) is 0.681. The number of rotatable bonds is 4. The molecular formula is C18H21ClN4O. The van der Waals surface area contributed by atoms with Crippen LogP contribution >= 0.6 is 11.6 Å². The van der Waals surface area contributed by atoms with E-state index >= 15 is 0 Å². The number of aryl methyl sites for hydroxylation is 1. The van der Waals surface area contributed by atoms with Crippen molar-refractivity contribution in [3.63, 3.8) is 0 Å². The van der Waals surface area contributed by atoms with Crippen LogP contribution in [0.4, 0.5) is 0 Å². The van der Waals surface area contributed by atoms with Gasteiger partial charge in [0.05, 0.1) is 16.8 Å². The maximum Gasteiger partial charge on any atom is 0.0711 e. The molecule has 3 heterocycles. The predicted octanol–water partition coefficient (Wildman–Crippen LogP) is 2.89. The number of fused-ring (bicyclic) bond motifs is 1. The summed E-state index contributed by atoms with van der Waals surface area (Å²) in [5.41, 5.74) is 4.14. The molecule has 1 fully saturated rings. The number of aromatic nitrogens is 3. The van der Waals surface area contributed by atoms with E-state index in [1.165, 1.54) is 0 Å². The molecule has 1 aliphatic rings. The smallest absolute Gasteiger partial charge is 0.0711 e. The molecular weight excluding hydrogens is 324 g/mol. The van der Waals surface area contributed by atoms with Crippen LogP contribution < -0.4 is 0 Å². The normalized spacial score (nSPS) is 21.8. The summed E-state index contributed by atoms with van der Waals surface area (Å²) in [5, 5.41) is 19.5. The number of aliphatic hydroxyl groups is 1. The van der Waals surface area contributed by atoms with Crippen LogP contribution in [-0.4, -0.2) is 44.4 Å². The second-order valence-corrected chi connectivity index (χ2v) is 7.11. The van der Waals surface area contributed by atoms with Crippen molar-refractivity contribution in [2.24, 2.45) is 5.92 Å². The topological polar surface area (TPSA) is 67.9 Å². The number of H-pyrrole nitrogens is 2. The molecule has 1 saturated heterocycles. The molecule has 1 aromatic carbocycles. The highest BCUT2D eigenvalue weighted by atomic mass is 35.5. The summed E-state index contributed by atoms with van der Waals surface area (Å²) in [4.78, 5) is 5.66. The summed E-state index contributed by atoms with van der Waals surface area (Å²) in [5.74, 6) is 0.204. The van der Waals surface area contributed by atoms with Gasteiger partial charge in [0.15, 0.2) is 0 Å². The maximum absolute atomic E-state index is 10.4. The highest BCUT2D eigenvalue weighted by Crippen LogP contribution is 2.30. The van der Waals surface area contributed by atoms with Crippen molar-refractivity contribution in [1.82, 2.24) is 20.1 Å². The van der Waals surface area contributed by atoms with Gasteiger partial charge in [-0.2, -0.15) is 5.10 Å². The van der Waals surface area contributed by atoms with Crippen molar-refractivity contribution >= 4 is 22.5 Å². The first-order valence-corrected chi connectivity index (χ1v) is 8.64. The summed E-state index contributed by atoms with van der Waals surface area (Å²) in [6.45, 7) is 4.23. The average Bonchev–Trinajstić information content (AvgIpc) is 3.21. The van der Waals surface area contributed by atoms with Crippen LogP contribution in [0, 0.1) is 12.8 Å². The number of aromatic amines is 2. The lowest BCUT2D eigenvalue weighted by atomic mass is 10.0. The molecule has 2 atom stereocenters. The Hall–Kier alpha value is -1.82. The van der Waals surface area contributed by atoms with Gasteiger partial charge in [-0.3, -0.25) is 10.00 Å². The lowest BCUT2D eigenvalue weighted by Crippen LogP contribution is -2.21. The van der Waals surface area contributed by atoms with E-state index in [0.29, 0.717) is 6.54 Å². The maximum atomic E-state index is 10.4. The van der Waals surface area contributed by atoms with Gasteiger partial charge >= 0.3 is 0 Å². The third-order valence-corrected chi connectivity index (χ3v) is 5.24. The van der Waals surface area contributed by atoms with Crippen LogP contribution in [0.1, 0.15) is 17.1 Å². The van der Waals surface area contributed by atoms with Gasteiger partial charge in [0.25, 0.3) is 0 Å². The van der Waals surface area contributed by atoms with Crippen LogP contribution in [0.25, 0.3) is 10.9 Å². The monoisotopic (exact) mass is 344 g/mol. The number of para-hydroxylation sites is 1. The number of nitrogens with zero attached hydrogens (tertiary/aromatic N) is 2. The summed E-state index contributed by atoms with van der Waals surface area (Å²) in [6.07, 6.45) is 0.466. The first-order chi connectivity index (χ1) is 11.6. The number of nitrogens with one attached hydrogen (secondary N) is 2. The van der Waals surface area contributed by atoms with Crippen molar-refractivity contribution < 1.29 is 5.11 Å². The van der Waals surface area contributed by atoms with Crippen LogP contribution in [0.15, 0.2) is 30.3 Å². The van der Waals surface area contributed by atoms with Crippen molar-refractivity contribution in [2.75, 3.05) is 13.1 Å². The van der Waals surface area contributed by atoms with Crippen LogP contribution in [0.3, 0.4) is 0 Å². The van der Waals surface area contributed by atoms with Gasteiger partial charge in [-0.1, -0.05) is 29.8 Å². The van der Waals surface area contributed by atoms with Crippen molar-refractivity contribution in [3.8, 4) is 0 Å². The minimum atomic E-state index is -0.329. The Morgan fingerprint density at radius 1 is 1.33 bits per heavy atom. The highest BCUT2D eigenvalue weighted by Gasteiger charge is 2.32. The van der Waals surface area contributed by atoms with E-state index in [-0.39, 0.29) is 12.0 Å². The third kappa shape index (κ3) is 2.95. The van der Waals surface area contributed by atoms with E-state index in [1.54, 1.807) is 0 Å². The van der Waals surface area contributed by atoms with Crippen molar-refractivity contribution in [3.05, 3.63) is 52.4 Å². The standard InChI is InChI=1S/C18H21ClN4O/c1-11-6-13(22-21-11)7-12-8-23(10-17(12)24)9-16-18(19)14-4-2-3-5-15(14)20-16/h2-6,12,17,20,24H,7-10H2,1H3,(H,21,22)/t12-,17+/m1/s1. The molecule has 1 aliphatic heterocycles. The molecule has 0 saturated carbocycles. The second-order valence-electron chi connectivity index (χ2n) is 6.73. The molecule has 126 valence electrons. The highest BCUT2D eigenvalue weighted by molar-refractivity contribution is 6.36. The first-order valence-electron chi connectivity index (χ1n) is 8.26. The Morgan fingerprint density at radius 2 is 2.17 bits per heavy atom. The summed E-state index contributed by atoms with van der Waals surface area (Å²) in [7, 11) is 0. The molecule has 24 heavy (non-hydrogen) atoms. The number of likely N-dealkylation sites (tertiary alicyclic amines) is 1. The minimum absolute atomic E-state index is 0.204. The molecule has 5 nitrogen and oxygen atoms in total. The fraction of sp³-hybridized carbons (Fsp3) is 0.389. The van der Waals surface area contributed by atoms with Gasteiger partial charge in [0.1, 0.15) is 0 Å². The fourth-order valence-electron chi connectivity index (χ4n) is 3.61. The molecule has 0 amide bonds. The van der Waals surface area contributed by atoms with Gasteiger partial charge in [0.2, 0.25) is 0 Å². The molecule has 4 rings (SSSR count). The Morgan fingerprint density at radius 3 is 2.92 bits per heavy atom. The summed E-state index contributed by atoms with van der Waals surface area (Å²) < 4.78 is 0. The molecule has 0 radical (unpaired) electrons. The Balaban J connectivity index is 1.46. The van der Waals surface area contributed by atoms with Crippen molar-refractivity contribution in [2.45, 2.75) is 26.0 Å². The molecule has 0 spiro atoms. The SMILES string of the molecule is Cc1cc(C[C@@H]2CN(Cc3[nH]c4ccccc4c3Cl)C[C@@H]2O)n[nH]1. The van der Waals surface area contributed by atoms with Crippen LogP contribution in [0.5, 0.6) is 0 Å². The molecule has 0 unspecified atom stereocenters.